The van der Waals surface area contributed by atoms with E-state index in [0.29, 0.717) is 23.4 Å². The molecule has 8 heteroatoms. The standard InChI is InChI=1S/C23H16N4O2S2/c28-21(25-12-16-13-26-23(30-16)15-4-3-9-24-11-15)14-7-8-20-18(10-14)27-22(29)17-5-1-2-6-19(17)31-20/h1-11,13H,12H2,(H,25,28)(H,27,29). The topological polar surface area (TPSA) is 84.0 Å². The van der Waals surface area contributed by atoms with E-state index >= 15 is 0 Å². The van der Waals surface area contributed by atoms with Gasteiger partial charge in [0.25, 0.3) is 11.8 Å². The summed E-state index contributed by atoms with van der Waals surface area (Å²) in [6.45, 7) is 0.375. The van der Waals surface area contributed by atoms with Gasteiger partial charge in [0, 0.05) is 44.4 Å². The Morgan fingerprint density at radius 1 is 1.03 bits per heavy atom. The minimum absolute atomic E-state index is 0.174. The first-order valence-corrected chi connectivity index (χ1v) is 11.2. The largest absolute Gasteiger partial charge is 0.347 e. The fourth-order valence-corrected chi connectivity index (χ4v) is 5.04. The molecule has 3 heterocycles. The molecule has 31 heavy (non-hydrogen) atoms. The fourth-order valence-electron chi connectivity index (χ4n) is 3.19. The van der Waals surface area contributed by atoms with Crippen LogP contribution in [-0.4, -0.2) is 21.8 Å². The van der Waals surface area contributed by atoms with Gasteiger partial charge in [-0.3, -0.25) is 14.6 Å². The summed E-state index contributed by atoms with van der Waals surface area (Å²) < 4.78 is 0. The number of aromatic nitrogens is 2. The third kappa shape index (κ3) is 4.08. The Balaban J connectivity index is 1.30. The highest BCUT2D eigenvalue weighted by Crippen LogP contribution is 2.39. The molecule has 1 aliphatic rings. The van der Waals surface area contributed by atoms with Crippen LogP contribution in [0, 0.1) is 0 Å². The molecule has 2 N–H and O–H groups in total. The molecule has 0 radical (unpaired) electrons. The number of carbonyl (C=O) groups is 2. The Labute approximate surface area is 186 Å². The lowest BCUT2D eigenvalue weighted by Crippen LogP contribution is -2.22. The first-order valence-electron chi connectivity index (χ1n) is 9.53. The lowest BCUT2D eigenvalue weighted by molar-refractivity contribution is 0.0949. The molecule has 152 valence electrons. The lowest BCUT2D eigenvalue weighted by Gasteiger charge is -2.09. The summed E-state index contributed by atoms with van der Waals surface area (Å²) >= 11 is 3.03. The van der Waals surface area contributed by atoms with E-state index < -0.39 is 0 Å². The van der Waals surface area contributed by atoms with Gasteiger partial charge in [-0.1, -0.05) is 23.9 Å². The van der Waals surface area contributed by atoms with Crippen molar-refractivity contribution in [1.82, 2.24) is 15.3 Å². The average molecular weight is 445 g/mol. The minimum atomic E-state index is -0.208. The molecular formula is C23H16N4O2S2. The van der Waals surface area contributed by atoms with Crippen LogP contribution in [0.5, 0.6) is 0 Å². The molecule has 0 unspecified atom stereocenters. The van der Waals surface area contributed by atoms with E-state index in [0.717, 1.165) is 25.2 Å². The summed E-state index contributed by atoms with van der Waals surface area (Å²) in [5.74, 6) is -0.382. The van der Waals surface area contributed by atoms with E-state index in [-0.39, 0.29) is 11.8 Å². The molecule has 2 aromatic carbocycles. The van der Waals surface area contributed by atoms with Crippen LogP contribution >= 0.6 is 23.1 Å². The van der Waals surface area contributed by atoms with E-state index in [1.807, 2.05) is 36.4 Å². The third-order valence-electron chi connectivity index (χ3n) is 4.73. The van der Waals surface area contributed by atoms with Crippen molar-refractivity contribution >= 4 is 40.6 Å². The van der Waals surface area contributed by atoms with Gasteiger partial charge >= 0.3 is 0 Å². The first-order chi connectivity index (χ1) is 15.2. The molecule has 0 aliphatic carbocycles. The fraction of sp³-hybridized carbons (Fsp3) is 0.0435. The molecule has 5 rings (SSSR count). The molecule has 2 aromatic heterocycles. The van der Waals surface area contributed by atoms with E-state index in [2.05, 4.69) is 20.6 Å². The molecular weight excluding hydrogens is 428 g/mol. The minimum Gasteiger partial charge on any atom is -0.347 e. The predicted molar refractivity (Wildman–Crippen MR) is 121 cm³/mol. The summed E-state index contributed by atoms with van der Waals surface area (Å²) in [6, 6.07) is 16.6. The Bertz CT molecular complexity index is 1290. The van der Waals surface area contributed by atoms with Crippen molar-refractivity contribution in [2.75, 3.05) is 5.32 Å². The van der Waals surface area contributed by atoms with Gasteiger partial charge in [-0.25, -0.2) is 4.98 Å². The van der Waals surface area contributed by atoms with Crippen LogP contribution in [0.1, 0.15) is 25.6 Å². The Morgan fingerprint density at radius 3 is 2.81 bits per heavy atom. The number of carbonyl (C=O) groups excluding carboxylic acids is 2. The number of nitrogens with zero attached hydrogens (tertiary/aromatic N) is 2. The number of benzene rings is 2. The molecule has 1 aliphatic heterocycles. The molecule has 6 nitrogen and oxygen atoms in total. The number of hydrogen-bond donors (Lipinski definition) is 2. The maximum absolute atomic E-state index is 12.7. The van der Waals surface area contributed by atoms with Crippen LogP contribution in [0.15, 0.2) is 83.0 Å². The van der Waals surface area contributed by atoms with Gasteiger partial charge in [0.15, 0.2) is 0 Å². The highest BCUT2D eigenvalue weighted by atomic mass is 32.2. The SMILES string of the molecule is O=C(NCc1cnc(-c2cccnc2)s1)c1ccc2c(c1)NC(=O)c1ccccc1S2. The van der Waals surface area contributed by atoms with Gasteiger partial charge in [0.2, 0.25) is 0 Å². The Morgan fingerprint density at radius 2 is 1.94 bits per heavy atom. The summed E-state index contributed by atoms with van der Waals surface area (Å²) in [5.41, 5.74) is 2.70. The quantitative estimate of drug-likeness (QED) is 0.470. The van der Waals surface area contributed by atoms with Gasteiger partial charge in [-0.05, 0) is 42.5 Å². The zero-order valence-corrected chi connectivity index (χ0v) is 17.8. The number of rotatable bonds is 4. The summed E-state index contributed by atoms with van der Waals surface area (Å²) in [5, 5.41) is 6.71. The molecule has 0 fully saturated rings. The van der Waals surface area contributed by atoms with Crippen molar-refractivity contribution in [3.8, 4) is 10.6 Å². The second-order valence-electron chi connectivity index (χ2n) is 6.82. The number of fused-ring (bicyclic) bond motifs is 2. The molecule has 0 saturated carbocycles. The van der Waals surface area contributed by atoms with Crippen molar-refractivity contribution in [2.45, 2.75) is 16.3 Å². The van der Waals surface area contributed by atoms with E-state index in [1.54, 1.807) is 36.8 Å². The van der Waals surface area contributed by atoms with Crippen molar-refractivity contribution < 1.29 is 9.59 Å². The monoisotopic (exact) mass is 444 g/mol. The lowest BCUT2D eigenvalue weighted by atomic mass is 10.1. The summed E-state index contributed by atoms with van der Waals surface area (Å²) in [7, 11) is 0. The Hall–Kier alpha value is -3.49. The summed E-state index contributed by atoms with van der Waals surface area (Å²) in [6.07, 6.45) is 5.25. The van der Waals surface area contributed by atoms with Gasteiger partial charge in [0.1, 0.15) is 5.01 Å². The number of amides is 2. The zero-order valence-electron chi connectivity index (χ0n) is 16.2. The number of thiazole rings is 1. The molecule has 0 atom stereocenters. The zero-order chi connectivity index (χ0) is 21.2. The van der Waals surface area contributed by atoms with Gasteiger partial charge in [-0.2, -0.15) is 0 Å². The smallest absolute Gasteiger partial charge is 0.256 e. The highest BCUT2D eigenvalue weighted by Gasteiger charge is 2.20. The number of nitrogens with one attached hydrogen (secondary N) is 2. The van der Waals surface area contributed by atoms with Crippen LogP contribution in [0.25, 0.3) is 10.6 Å². The first kappa shape index (κ1) is 19.5. The molecule has 0 bridgehead atoms. The van der Waals surface area contributed by atoms with Crippen molar-refractivity contribution in [3.05, 3.63) is 89.2 Å². The normalized spacial score (nSPS) is 12.3. The van der Waals surface area contributed by atoms with Crippen molar-refractivity contribution in [2.24, 2.45) is 0 Å². The number of anilines is 1. The molecule has 2 amide bonds. The van der Waals surface area contributed by atoms with Gasteiger partial charge in [0.05, 0.1) is 17.8 Å². The summed E-state index contributed by atoms with van der Waals surface area (Å²) in [4.78, 5) is 36.5. The van der Waals surface area contributed by atoms with E-state index in [4.69, 9.17) is 0 Å². The van der Waals surface area contributed by atoms with Crippen LogP contribution in [0.2, 0.25) is 0 Å². The van der Waals surface area contributed by atoms with Crippen LogP contribution in [-0.2, 0) is 6.54 Å². The predicted octanol–water partition coefficient (Wildman–Crippen LogP) is 4.85. The molecule has 0 spiro atoms. The number of hydrogen-bond acceptors (Lipinski definition) is 6. The van der Waals surface area contributed by atoms with Crippen molar-refractivity contribution in [1.29, 1.82) is 0 Å². The van der Waals surface area contributed by atoms with E-state index in [1.165, 1.54) is 23.1 Å². The second-order valence-corrected chi connectivity index (χ2v) is 9.02. The Kier molecular flexibility index (Phi) is 5.23. The third-order valence-corrected chi connectivity index (χ3v) is 6.92. The van der Waals surface area contributed by atoms with Gasteiger partial charge in [-0.15, -0.1) is 11.3 Å². The van der Waals surface area contributed by atoms with Gasteiger partial charge < -0.3 is 10.6 Å². The average Bonchev–Trinajstić information content (AvgIpc) is 3.23. The second kappa shape index (κ2) is 8.33. The molecule has 4 aromatic rings. The maximum Gasteiger partial charge on any atom is 0.256 e. The van der Waals surface area contributed by atoms with Crippen LogP contribution in [0.3, 0.4) is 0 Å². The molecule has 0 saturated heterocycles. The highest BCUT2D eigenvalue weighted by molar-refractivity contribution is 7.99. The van der Waals surface area contributed by atoms with E-state index in [9.17, 15) is 9.59 Å². The maximum atomic E-state index is 12.7. The van der Waals surface area contributed by atoms with Crippen molar-refractivity contribution in [3.63, 3.8) is 0 Å². The number of pyridine rings is 1. The van der Waals surface area contributed by atoms with Crippen LogP contribution < -0.4 is 10.6 Å². The van der Waals surface area contributed by atoms with Crippen LogP contribution in [0.4, 0.5) is 5.69 Å².